The first-order chi connectivity index (χ1) is 8.21. The van der Waals surface area contributed by atoms with Crippen LogP contribution >= 0.6 is 0 Å². The van der Waals surface area contributed by atoms with Gasteiger partial charge in [0, 0.05) is 26.2 Å². The molecule has 0 amide bonds. The first-order valence-corrected chi connectivity index (χ1v) is 6.61. The van der Waals surface area contributed by atoms with E-state index in [1.807, 2.05) is 7.05 Å². The highest BCUT2D eigenvalue weighted by Gasteiger charge is 2.09. The Balaban J connectivity index is 2.63. The number of hydrogen-bond acceptors (Lipinski definition) is 3. The number of nitrogens with one attached hydrogen (secondary N) is 1. The van der Waals surface area contributed by atoms with Crippen molar-refractivity contribution in [1.82, 2.24) is 20.0 Å². The Hall–Kier alpha value is -0.870. The van der Waals surface area contributed by atoms with Crippen molar-refractivity contribution in [3.63, 3.8) is 0 Å². The molecular weight excluding hydrogens is 212 g/mol. The molecule has 0 saturated carbocycles. The number of likely N-dealkylation sites (N-methyl/N-ethyl adjacent to an activating group) is 1. The lowest BCUT2D eigenvalue weighted by Crippen LogP contribution is -2.31. The zero-order valence-corrected chi connectivity index (χ0v) is 11.7. The second-order valence-corrected chi connectivity index (χ2v) is 4.47. The Morgan fingerprint density at radius 2 is 2.12 bits per heavy atom. The molecule has 98 valence electrons. The molecule has 0 aliphatic carbocycles. The summed E-state index contributed by atoms with van der Waals surface area (Å²) in [7, 11) is 2.00. The minimum atomic E-state index is 0.954. The van der Waals surface area contributed by atoms with Crippen LogP contribution in [0.1, 0.15) is 31.7 Å². The van der Waals surface area contributed by atoms with Crippen molar-refractivity contribution in [3.8, 4) is 0 Å². The maximum Gasteiger partial charge on any atom is 0.0597 e. The fourth-order valence-electron chi connectivity index (χ4n) is 2.09. The average Bonchev–Trinajstić information content (AvgIpc) is 2.66. The molecule has 0 aliphatic heterocycles. The molecule has 0 atom stereocenters. The fourth-order valence-corrected chi connectivity index (χ4v) is 2.09. The van der Waals surface area contributed by atoms with Gasteiger partial charge in [-0.05, 0) is 39.9 Å². The largest absolute Gasteiger partial charge is 0.318 e. The van der Waals surface area contributed by atoms with E-state index in [1.54, 1.807) is 0 Å². The quantitative estimate of drug-likeness (QED) is 0.747. The summed E-state index contributed by atoms with van der Waals surface area (Å²) in [6.45, 7) is 11.7. The lowest BCUT2D eigenvalue weighted by molar-refractivity contribution is 0.259. The number of nitrogens with zero attached hydrogens (tertiary/aromatic N) is 3. The lowest BCUT2D eigenvalue weighted by atomic mass is 10.3. The van der Waals surface area contributed by atoms with Crippen molar-refractivity contribution in [1.29, 1.82) is 0 Å². The van der Waals surface area contributed by atoms with E-state index in [-0.39, 0.29) is 0 Å². The molecule has 17 heavy (non-hydrogen) atoms. The molecule has 1 rings (SSSR count). The fraction of sp³-hybridized carbons (Fsp3) is 0.769. The molecule has 4 heteroatoms. The van der Waals surface area contributed by atoms with Crippen molar-refractivity contribution >= 4 is 0 Å². The van der Waals surface area contributed by atoms with Crippen molar-refractivity contribution in [2.24, 2.45) is 0 Å². The maximum absolute atomic E-state index is 4.50. The van der Waals surface area contributed by atoms with E-state index in [4.69, 9.17) is 0 Å². The number of aryl methyl sites for hydroxylation is 2. The Labute approximate surface area is 105 Å². The third-order valence-corrected chi connectivity index (χ3v) is 2.89. The van der Waals surface area contributed by atoms with E-state index in [0.29, 0.717) is 0 Å². The highest BCUT2D eigenvalue weighted by Crippen LogP contribution is 2.08. The van der Waals surface area contributed by atoms with E-state index in [9.17, 15) is 0 Å². The van der Waals surface area contributed by atoms with Gasteiger partial charge in [0.1, 0.15) is 0 Å². The number of hydrogen-bond donors (Lipinski definition) is 1. The zero-order valence-electron chi connectivity index (χ0n) is 11.7. The third-order valence-electron chi connectivity index (χ3n) is 2.89. The van der Waals surface area contributed by atoms with Gasteiger partial charge in [-0.25, -0.2) is 0 Å². The SMILES string of the molecule is CCCN(CCNC)Cc1cc(C)nn1CC. The summed E-state index contributed by atoms with van der Waals surface area (Å²) < 4.78 is 2.11. The normalized spacial score (nSPS) is 11.4. The molecule has 0 spiro atoms. The number of aromatic nitrogens is 2. The summed E-state index contributed by atoms with van der Waals surface area (Å²) in [6.07, 6.45) is 1.20. The van der Waals surface area contributed by atoms with E-state index >= 15 is 0 Å². The average molecular weight is 238 g/mol. The van der Waals surface area contributed by atoms with Crippen LogP contribution in [0, 0.1) is 6.92 Å². The van der Waals surface area contributed by atoms with Crippen LogP contribution in [0.4, 0.5) is 0 Å². The van der Waals surface area contributed by atoms with Gasteiger partial charge in [-0.1, -0.05) is 6.92 Å². The molecular formula is C13H26N4. The van der Waals surface area contributed by atoms with Gasteiger partial charge in [0.2, 0.25) is 0 Å². The molecule has 0 unspecified atom stereocenters. The molecule has 1 N–H and O–H groups in total. The second-order valence-electron chi connectivity index (χ2n) is 4.47. The van der Waals surface area contributed by atoms with Crippen LogP contribution in [0.3, 0.4) is 0 Å². The third kappa shape index (κ3) is 4.48. The van der Waals surface area contributed by atoms with Crippen LogP contribution in [0.2, 0.25) is 0 Å². The predicted molar refractivity (Wildman–Crippen MR) is 72.1 cm³/mol. The van der Waals surface area contributed by atoms with E-state index in [2.05, 4.69) is 46.8 Å². The van der Waals surface area contributed by atoms with Crippen LogP contribution in [-0.2, 0) is 13.1 Å². The van der Waals surface area contributed by atoms with Gasteiger partial charge < -0.3 is 5.32 Å². The molecule has 1 heterocycles. The van der Waals surface area contributed by atoms with Gasteiger partial charge in [-0.15, -0.1) is 0 Å². The van der Waals surface area contributed by atoms with Crippen LogP contribution in [0.25, 0.3) is 0 Å². The Morgan fingerprint density at radius 1 is 1.35 bits per heavy atom. The topological polar surface area (TPSA) is 33.1 Å². The standard InChI is InChI=1S/C13H26N4/c1-5-8-16(9-7-14-4)11-13-10-12(3)15-17(13)6-2/h10,14H,5-9,11H2,1-4H3. The molecule has 1 aromatic rings. The van der Waals surface area contributed by atoms with Gasteiger partial charge >= 0.3 is 0 Å². The Morgan fingerprint density at radius 3 is 2.71 bits per heavy atom. The summed E-state index contributed by atoms with van der Waals surface area (Å²) in [4.78, 5) is 2.49. The summed E-state index contributed by atoms with van der Waals surface area (Å²) in [5, 5.41) is 7.71. The van der Waals surface area contributed by atoms with Gasteiger partial charge in [-0.3, -0.25) is 9.58 Å². The van der Waals surface area contributed by atoms with Gasteiger partial charge in [-0.2, -0.15) is 5.10 Å². The number of rotatable bonds is 8. The van der Waals surface area contributed by atoms with Crippen LogP contribution in [-0.4, -0.2) is 41.4 Å². The Bertz CT molecular complexity index is 319. The van der Waals surface area contributed by atoms with Crippen molar-refractivity contribution < 1.29 is 0 Å². The van der Waals surface area contributed by atoms with Gasteiger partial charge in [0.15, 0.2) is 0 Å². The molecule has 0 aromatic carbocycles. The molecule has 1 aromatic heterocycles. The lowest BCUT2D eigenvalue weighted by Gasteiger charge is -2.21. The molecule has 0 radical (unpaired) electrons. The van der Waals surface area contributed by atoms with Crippen LogP contribution in [0.15, 0.2) is 6.07 Å². The second kappa shape index (κ2) is 7.45. The first-order valence-electron chi connectivity index (χ1n) is 6.61. The van der Waals surface area contributed by atoms with E-state index in [1.165, 1.54) is 12.1 Å². The summed E-state index contributed by atoms with van der Waals surface area (Å²) >= 11 is 0. The highest BCUT2D eigenvalue weighted by molar-refractivity contribution is 5.08. The van der Waals surface area contributed by atoms with Gasteiger partial charge in [0.25, 0.3) is 0 Å². The summed E-state index contributed by atoms with van der Waals surface area (Å²) in [5.74, 6) is 0. The first kappa shape index (κ1) is 14.2. The summed E-state index contributed by atoms with van der Waals surface area (Å²) in [6, 6.07) is 2.20. The van der Waals surface area contributed by atoms with Crippen LogP contribution in [0.5, 0.6) is 0 Å². The van der Waals surface area contributed by atoms with Gasteiger partial charge in [0.05, 0.1) is 11.4 Å². The minimum absolute atomic E-state index is 0.954. The zero-order chi connectivity index (χ0) is 12.7. The molecule has 0 bridgehead atoms. The summed E-state index contributed by atoms with van der Waals surface area (Å²) in [5.41, 5.74) is 2.45. The van der Waals surface area contributed by atoms with E-state index < -0.39 is 0 Å². The van der Waals surface area contributed by atoms with Crippen molar-refractivity contribution in [2.75, 3.05) is 26.7 Å². The molecule has 4 nitrogen and oxygen atoms in total. The molecule has 0 aliphatic rings. The maximum atomic E-state index is 4.50. The Kier molecular flexibility index (Phi) is 6.22. The van der Waals surface area contributed by atoms with Crippen molar-refractivity contribution in [2.45, 2.75) is 40.3 Å². The predicted octanol–water partition coefficient (Wildman–Crippen LogP) is 1.64. The monoisotopic (exact) mass is 238 g/mol. The smallest absolute Gasteiger partial charge is 0.0597 e. The van der Waals surface area contributed by atoms with E-state index in [0.717, 1.165) is 38.4 Å². The minimum Gasteiger partial charge on any atom is -0.318 e. The highest BCUT2D eigenvalue weighted by atomic mass is 15.3. The molecule has 0 fully saturated rings. The molecule has 0 saturated heterocycles. The van der Waals surface area contributed by atoms with Crippen molar-refractivity contribution in [3.05, 3.63) is 17.5 Å². The van der Waals surface area contributed by atoms with Crippen LogP contribution < -0.4 is 5.32 Å².